The summed E-state index contributed by atoms with van der Waals surface area (Å²) < 4.78 is 2.10. The van der Waals surface area contributed by atoms with Gasteiger partial charge < -0.3 is 14.8 Å². The lowest BCUT2D eigenvalue weighted by Crippen LogP contribution is -2.30. The number of aryl methyl sites for hydroxylation is 1. The molecule has 170 valence electrons. The number of anilines is 1. The lowest BCUT2D eigenvalue weighted by atomic mass is 9.90. The van der Waals surface area contributed by atoms with Crippen LogP contribution >= 0.6 is 0 Å². The first-order valence-electron chi connectivity index (χ1n) is 11.7. The topological polar surface area (TPSA) is 61.8 Å². The molecule has 0 saturated carbocycles. The van der Waals surface area contributed by atoms with Crippen LogP contribution in [0.15, 0.2) is 55.2 Å². The molecule has 6 heteroatoms. The monoisotopic (exact) mass is 440 g/mol. The van der Waals surface area contributed by atoms with Gasteiger partial charge in [0.2, 0.25) is 0 Å². The number of nitrogens with zero attached hydrogens (tertiary/aromatic N) is 4. The number of fused-ring (bicyclic) bond motifs is 1. The number of rotatable bonds is 6. The van der Waals surface area contributed by atoms with Crippen LogP contribution in [0, 0.1) is 12.8 Å². The molecule has 0 aliphatic carbocycles. The molecule has 5 rings (SSSR count). The van der Waals surface area contributed by atoms with Crippen molar-refractivity contribution in [2.75, 3.05) is 25.5 Å². The molecule has 1 aliphatic heterocycles. The maximum absolute atomic E-state index is 4.54. The highest BCUT2D eigenvalue weighted by Gasteiger charge is 2.17. The molecule has 1 fully saturated rings. The molecule has 6 nitrogen and oxygen atoms in total. The summed E-state index contributed by atoms with van der Waals surface area (Å²) in [5, 5.41) is 12.2. The smallest absolute Gasteiger partial charge is 0.116 e. The first-order valence-corrected chi connectivity index (χ1v) is 11.7. The van der Waals surface area contributed by atoms with E-state index in [1.165, 1.54) is 31.5 Å². The lowest BCUT2D eigenvalue weighted by Gasteiger charge is -2.29. The molecule has 0 atom stereocenters. The van der Waals surface area contributed by atoms with Crippen molar-refractivity contribution in [2.45, 2.75) is 26.2 Å². The van der Waals surface area contributed by atoms with Gasteiger partial charge in [0.25, 0.3) is 0 Å². The fraction of sp³-hybridized carbons (Fsp3) is 0.333. The van der Waals surface area contributed by atoms with E-state index < -0.39 is 0 Å². The predicted molar refractivity (Wildman–Crippen MR) is 136 cm³/mol. The van der Waals surface area contributed by atoms with E-state index in [1.807, 2.05) is 20.2 Å². The first-order chi connectivity index (χ1) is 16.0. The number of nitrogens with one attached hydrogen (secondary N) is 2. The molecule has 33 heavy (non-hydrogen) atoms. The molecule has 1 saturated heterocycles. The van der Waals surface area contributed by atoms with Crippen LogP contribution < -0.4 is 5.32 Å². The Morgan fingerprint density at radius 3 is 2.58 bits per heavy atom. The molecule has 0 radical (unpaired) electrons. The van der Waals surface area contributed by atoms with Gasteiger partial charge in [0, 0.05) is 23.7 Å². The van der Waals surface area contributed by atoms with Gasteiger partial charge in [-0.05, 0) is 82.1 Å². The van der Waals surface area contributed by atoms with Gasteiger partial charge in [0.15, 0.2) is 0 Å². The number of imidazole rings is 1. The third-order valence-corrected chi connectivity index (χ3v) is 6.98. The molecular formula is C27H32N6. The van der Waals surface area contributed by atoms with E-state index in [1.54, 1.807) is 0 Å². The first kappa shape index (κ1) is 21.5. The Hall–Kier alpha value is -3.38. The Bertz CT molecular complexity index is 1270. The second-order valence-corrected chi connectivity index (χ2v) is 9.33. The van der Waals surface area contributed by atoms with E-state index in [9.17, 15) is 0 Å². The number of aromatic nitrogens is 4. The number of piperidine rings is 1. The van der Waals surface area contributed by atoms with Crippen LogP contribution in [0.25, 0.3) is 27.9 Å². The largest absolute Gasteiger partial charge is 0.354 e. The fourth-order valence-electron chi connectivity index (χ4n) is 4.73. The van der Waals surface area contributed by atoms with Gasteiger partial charge in [-0.1, -0.05) is 24.8 Å². The summed E-state index contributed by atoms with van der Waals surface area (Å²) in [4.78, 5) is 6.85. The average Bonchev–Trinajstić information content (AvgIpc) is 3.39. The minimum absolute atomic E-state index is 0.780. The normalized spacial score (nSPS) is 15.2. The van der Waals surface area contributed by atoms with Crippen molar-refractivity contribution in [1.82, 2.24) is 24.6 Å². The summed E-state index contributed by atoms with van der Waals surface area (Å²) in [7, 11) is 4.25. The number of H-pyrrole nitrogens is 1. The molecule has 2 N–H and O–H groups in total. The Balaban J connectivity index is 1.31. The Kier molecular flexibility index (Phi) is 5.77. The third kappa shape index (κ3) is 4.44. The van der Waals surface area contributed by atoms with Gasteiger partial charge in [0.1, 0.15) is 11.5 Å². The predicted octanol–water partition coefficient (Wildman–Crippen LogP) is 5.24. The minimum Gasteiger partial charge on any atom is -0.354 e. The number of likely N-dealkylation sites (tertiary alicyclic amines) is 1. The highest BCUT2D eigenvalue weighted by Crippen LogP contribution is 2.29. The fourth-order valence-corrected chi connectivity index (χ4v) is 4.73. The second-order valence-electron chi connectivity index (χ2n) is 9.33. The van der Waals surface area contributed by atoms with Gasteiger partial charge >= 0.3 is 0 Å². The average molecular weight is 441 g/mol. The number of aromatic amines is 1. The summed E-state index contributed by atoms with van der Waals surface area (Å²) in [6.07, 6.45) is 5.66. The second kappa shape index (κ2) is 8.87. The van der Waals surface area contributed by atoms with E-state index in [-0.39, 0.29) is 0 Å². The Morgan fingerprint density at radius 1 is 1.12 bits per heavy atom. The zero-order valence-electron chi connectivity index (χ0n) is 19.7. The van der Waals surface area contributed by atoms with Crippen LogP contribution in [-0.2, 0) is 13.5 Å². The molecule has 0 bridgehead atoms. The molecular weight excluding hydrogens is 408 g/mol. The number of hydrogen-bond acceptors (Lipinski definition) is 4. The van der Waals surface area contributed by atoms with E-state index in [0.29, 0.717) is 0 Å². The van der Waals surface area contributed by atoms with Crippen LogP contribution in [0.3, 0.4) is 0 Å². The molecule has 2 aromatic carbocycles. The van der Waals surface area contributed by atoms with E-state index in [0.717, 1.165) is 57.4 Å². The van der Waals surface area contributed by atoms with Crippen LogP contribution in [0.4, 0.5) is 5.69 Å². The van der Waals surface area contributed by atoms with Crippen molar-refractivity contribution in [2.24, 2.45) is 13.0 Å². The van der Waals surface area contributed by atoms with Crippen molar-refractivity contribution >= 4 is 22.3 Å². The minimum atomic E-state index is 0.780. The molecule has 0 unspecified atom stereocenters. The van der Waals surface area contributed by atoms with Crippen molar-refractivity contribution in [1.29, 1.82) is 0 Å². The lowest BCUT2D eigenvalue weighted by molar-refractivity contribution is 0.219. The zero-order chi connectivity index (χ0) is 22.9. The van der Waals surface area contributed by atoms with Gasteiger partial charge in [-0.3, -0.25) is 5.10 Å². The summed E-state index contributed by atoms with van der Waals surface area (Å²) in [6, 6.07) is 15.1. The van der Waals surface area contributed by atoms with E-state index >= 15 is 0 Å². The van der Waals surface area contributed by atoms with Crippen molar-refractivity contribution in [3.05, 3.63) is 72.3 Å². The van der Waals surface area contributed by atoms with Crippen molar-refractivity contribution in [3.63, 3.8) is 0 Å². The van der Waals surface area contributed by atoms with Gasteiger partial charge in [-0.15, -0.1) is 0 Å². The molecule has 0 spiro atoms. The van der Waals surface area contributed by atoms with E-state index in [4.69, 9.17) is 0 Å². The van der Waals surface area contributed by atoms with Gasteiger partial charge in [-0.2, -0.15) is 5.10 Å². The number of hydrogen-bond donors (Lipinski definition) is 2. The van der Waals surface area contributed by atoms with Gasteiger partial charge in [-0.25, -0.2) is 4.98 Å². The van der Waals surface area contributed by atoms with Crippen LogP contribution in [0.2, 0.25) is 0 Å². The molecule has 3 heterocycles. The quantitative estimate of drug-likeness (QED) is 0.430. The van der Waals surface area contributed by atoms with Crippen LogP contribution in [0.5, 0.6) is 0 Å². The summed E-state index contributed by atoms with van der Waals surface area (Å²) >= 11 is 0. The highest BCUT2D eigenvalue weighted by molar-refractivity contribution is 5.94. The maximum Gasteiger partial charge on any atom is 0.116 e. The molecule has 1 aliphatic rings. The van der Waals surface area contributed by atoms with Crippen molar-refractivity contribution < 1.29 is 0 Å². The van der Waals surface area contributed by atoms with Gasteiger partial charge in [0.05, 0.1) is 23.1 Å². The molecule has 4 aromatic rings. The van der Waals surface area contributed by atoms with E-state index in [2.05, 4.69) is 86.1 Å². The summed E-state index contributed by atoms with van der Waals surface area (Å²) in [6.45, 7) is 8.71. The molecule has 0 amide bonds. The molecule has 2 aromatic heterocycles. The maximum atomic E-state index is 4.54. The van der Waals surface area contributed by atoms with Crippen LogP contribution in [-0.4, -0.2) is 44.8 Å². The standard InChI is InChI=1S/C27H32N6/c1-18(29-23-8-5-20(6-9-23)15-21-11-13-32(3)14-12-21)27-24-16-22(7-10-25(24)30-31-27)26-17-28-19(2)33(26)4/h5-10,16-17,21,29H,1,11-15H2,2-4H3,(H,30,31). The third-order valence-electron chi connectivity index (χ3n) is 6.98. The zero-order valence-corrected chi connectivity index (χ0v) is 19.7. The van der Waals surface area contributed by atoms with Crippen LogP contribution in [0.1, 0.15) is 29.9 Å². The SMILES string of the molecule is C=C(Nc1ccc(CC2CCN(C)CC2)cc1)c1n[nH]c2ccc(-c3cnc(C)n3C)cc12. The summed E-state index contributed by atoms with van der Waals surface area (Å²) in [5.74, 6) is 1.78. The Labute approximate surface area is 195 Å². The highest BCUT2D eigenvalue weighted by atomic mass is 15.1. The van der Waals surface area contributed by atoms with Crippen molar-refractivity contribution in [3.8, 4) is 11.3 Å². The number of benzene rings is 2. The summed E-state index contributed by atoms with van der Waals surface area (Å²) in [5.41, 5.74) is 7.23. The Morgan fingerprint density at radius 2 is 1.88 bits per heavy atom.